The number of likely N-dealkylation sites (tertiary alicyclic amines) is 1. The van der Waals surface area contributed by atoms with Gasteiger partial charge in [-0.2, -0.15) is 15.3 Å². The second-order valence-corrected chi connectivity index (χ2v) is 9.11. The van der Waals surface area contributed by atoms with Crippen LogP contribution in [0.25, 0.3) is 5.78 Å². The van der Waals surface area contributed by atoms with Gasteiger partial charge in [-0.1, -0.05) is 9.24 Å². The van der Waals surface area contributed by atoms with Gasteiger partial charge in [0, 0.05) is 28.2 Å². The molecular formula is C19H17BrFN6OP. The first kappa shape index (κ1) is 19.9. The molecule has 1 saturated heterocycles. The molecule has 0 aliphatic carbocycles. The summed E-state index contributed by atoms with van der Waals surface area (Å²) in [6.45, 7) is 2.13. The minimum atomic E-state index is -1.64. The summed E-state index contributed by atoms with van der Waals surface area (Å²) in [5.74, 6) is -0.154. The number of hydrogen-bond acceptors (Lipinski definition) is 5. The third kappa shape index (κ3) is 3.87. The number of rotatable bonds is 2. The molecule has 0 radical (unpaired) electrons. The number of aromatic nitrogens is 4. The first-order chi connectivity index (χ1) is 13.8. The highest BCUT2D eigenvalue weighted by Crippen LogP contribution is 2.39. The van der Waals surface area contributed by atoms with E-state index in [0.717, 1.165) is 11.4 Å². The Balaban J connectivity index is 1.70. The number of amides is 1. The number of carbonyl (C=O) groups is 1. The number of piperidine rings is 1. The van der Waals surface area contributed by atoms with Crippen LogP contribution in [0, 0.1) is 18.3 Å². The molecule has 3 aromatic rings. The fourth-order valence-electron chi connectivity index (χ4n) is 3.72. The monoisotopic (exact) mass is 474 g/mol. The van der Waals surface area contributed by atoms with Gasteiger partial charge in [0.25, 0.3) is 11.7 Å². The SMILES string of the molecule is Cc1cc([C@@H]2CN(C(=O)c3ccc(Br)c(C#N)c3)CC(F)(P)C2)n2ncnc2n1. The van der Waals surface area contributed by atoms with Crippen molar-refractivity contribution in [1.82, 2.24) is 24.5 Å². The number of alkyl halides is 1. The summed E-state index contributed by atoms with van der Waals surface area (Å²) in [6.07, 6.45) is 1.63. The molecule has 2 aromatic heterocycles. The van der Waals surface area contributed by atoms with Crippen molar-refractivity contribution in [2.45, 2.75) is 24.7 Å². The summed E-state index contributed by atoms with van der Waals surface area (Å²) in [5.41, 5.74) is 2.23. The third-order valence-electron chi connectivity index (χ3n) is 4.93. The van der Waals surface area contributed by atoms with Gasteiger partial charge in [-0.25, -0.2) is 13.9 Å². The Bertz CT molecular complexity index is 1160. The Labute approximate surface area is 177 Å². The summed E-state index contributed by atoms with van der Waals surface area (Å²) in [6, 6.07) is 8.71. The van der Waals surface area contributed by atoms with Crippen LogP contribution >= 0.6 is 25.2 Å². The molecule has 1 aliphatic rings. The van der Waals surface area contributed by atoms with E-state index >= 15 is 4.39 Å². The molecule has 29 heavy (non-hydrogen) atoms. The molecule has 3 heterocycles. The van der Waals surface area contributed by atoms with Crippen molar-refractivity contribution in [3.05, 3.63) is 57.6 Å². The molecule has 0 N–H and O–H groups in total. The molecule has 1 aromatic carbocycles. The smallest absolute Gasteiger partial charge is 0.254 e. The number of halogens is 2. The first-order valence-corrected chi connectivity index (χ1v) is 10.3. The zero-order valence-corrected chi connectivity index (χ0v) is 18.3. The molecule has 0 bridgehead atoms. The molecule has 148 valence electrons. The highest BCUT2D eigenvalue weighted by molar-refractivity contribution is 9.10. The van der Waals surface area contributed by atoms with Gasteiger partial charge in [0.2, 0.25) is 0 Å². The number of nitrogens with zero attached hydrogens (tertiary/aromatic N) is 6. The third-order valence-corrected chi connectivity index (χ3v) is 6.04. The van der Waals surface area contributed by atoms with Crippen molar-refractivity contribution in [3.63, 3.8) is 0 Å². The van der Waals surface area contributed by atoms with Crippen molar-refractivity contribution < 1.29 is 9.18 Å². The Morgan fingerprint density at radius 2 is 2.24 bits per heavy atom. The largest absolute Gasteiger partial charge is 0.334 e. The Morgan fingerprint density at radius 1 is 1.45 bits per heavy atom. The van der Waals surface area contributed by atoms with Gasteiger partial charge in [0.1, 0.15) is 17.8 Å². The summed E-state index contributed by atoms with van der Waals surface area (Å²) < 4.78 is 17.4. The van der Waals surface area contributed by atoms with E-state index in [-0.39, 0.29) is 24.8 Å². The highest BCUT2D eigenvalue weighted by atomic mass is 79.9. The van der Waals surface area contributed by atoms with E-state index < -0.39 is 5.41 Å². The normalized spacial score (nSPS) is 21.9. The zero-order valence-electron chi connectivity index (χ0n) is 15.5. The Hall–Kier alpha value is -2.43. The Morgan fingerprint density at radius 3 is 3.00 bits per heavy atom. The molecule has 1 aliphatic heterocycles. The predicted octanol–water partition coefficient (Wildman–Crippen LogP) is 3.24. The Kier molecular flexibility index (Phi) is 5.09. The van der Waals surface area contributed by atoms with Crippen LogP contribution < -0.4 is 0 Å². The van der Waals surface area contributed by atoms with Crippen molar-refractivity contribution in [2.75, 3.05) is 13.1 Å². The van der Waals surface area contributed by atoms with E-state index in [4.69, 9.17) is 0 Å². The maximum absolute atomic E-state index is 15.2. The van der Waals surface area contributed by atoms with E-state index in [2.05, 4.69) is 40.2 Å². The van der Waals surface area contributed by atoms with Gasteiger partial charge in [0.15, 0.2) is 0 Å². The molecule has 2 unspecified atom stereocenters. The minimum absolute atomic E-state index is 0.0461. The maximum Gasteiger partial charge on any atom is 0.254 e. The quantitative estimate of drug-likeness (QED) is 0.532. The van der Waals surface area contributed by atoms with Crippen LogP contribution in [-0.2, 0) is 0 Å². The van der Waals surface area contributed by atoms with Crippen LogP contribution in [0.4, 0.5) is 4.39 Å². The second-order valence-electron chi connectivity index (χ2n) is 7.22. The van der Waals surface area contributed by atoms with Crippen LogP contribution in [0.3, 0.4) is 0 Å². The molecule has 4 rings (SSSR count). The van der Waals surface area contributed by atoms with Crippen LogP contribution in [0.15, 0.2) is 35.1 Å². The average molecular weight is 475 g/mol. The number of aryl methyl sites for hydroxylation is 1. The lowest BCUT2D eigenvalue weighted by Gasteiger charge is -2.40. The van der Waals surface area contributed by atoms with E-state index in [0.29, 0.717) is 27.9 Å². The molecule has 1 fully saturated rings. The van der Waals surface area contributed by atoms with Crippen molar-refractivity contribution in [2.24, 2.45) is 0 Å². The zero-order chi connectivity index (χ0) is 20.8. The van der Waals surface area contributed by atoms with Gasteiger partial charge in [0.05, 0.1) is 17.8 Å². The summed E-state index contributed by atoms with van der Waals surface area (Å²) in [5, 5.41) is 11.8. The first-order valence-electron chi connectivity index (χ1n) is 8.91. The van der Waals surface area contributed by atoms with Crippen molar-refractivity contribution >= 4 is 36.9 Å². The second kappa shape index (κ2) is 7.43. The van der Waals surface area contributed by atoms with Gasteiger partial charge in [-0.15, -0.1) is 0 Å². The van der Waals surface area contributed by atoms with Crippen molar-refractivity contribution in [1.29, 1.82) is 5.26 Å². The number of benzene rings is 1. The van der Waals surface area contributed by atoms with Gasteiger partial charge in [-0.05, 0) is 53.5 Å². The summed E-state index contributed by atoms with van der Waals surface area (Å²) in [4.78, 5) is 23.1. The van der Waals surface area contributed by atoms with Gasteiger partial charge in [-0.3, -0.25) is 4.79 Å². The number of hydrogen-bond donors (Lipinski definition) is 0. The molecule has 1 amide bonds. The topological polar surface area (TPSA) is 87.2 Å². The molecule has 0 spiro atoms. The molecule has 3 atom stereocenters. The maximum atomic E-state index is 15.2. The van der Waals surface area contributed by atoms with Crippen LogP contribution in [-0.4, -0.2) is 48.9 Å². The lowest BCUT2D eigenvalue weighted by molar-refractivity contribution is 0.0543. The van der Waals surface area contributed by atoms with Crippen LogP contribution in [0.1, 0.15) is 39.6 Å². The molecule has 7 nitrogen and oxygen atoms in total. The summed E-state index contributed by atoms with van der Waals surface area (Å²) >= 11 is 3.29. The minimum Gasteiger partial charge on any atom is -0.334 e. The highest BCUT2D eigenvalue weighted by Gasteiger charge is 2.40. The molecule has 0 saturated carbocycles. The van der Waals surface area contributed by atoms with E-state index in [1.807, 2.05) is 19.1 Å². The lowest BCUT2D eigenvalue weighted by atomic mass is 9.92. The van der Waals surface area contributed by atoms with Gasteiger partial charge < -0.3 is 4.90 Å². The van der Waals surface area contributed by atoms with E-state index in [9.17, 15) is 10.1 Å². The number of carbonyl (C=O) groups excluding carboxylic acids is 1. The van der Waals surface area contributed by atoms with Gasteiger partial charge >= 0.3 is 0 Å². The fourth-order valence-corrected chi connectivity index (χ4v) is 4.56. The fraction of sp³-hybridized carbons (Fsp3) is 0.316. The van der Waals surface area contributed by atoms with Crippen LogP contribution in [0.5, 0.6) is 0 Å². The van der Waals surface area contributed by atoms with E-state index in [1.54, 1.807) is 16.6 Å². The van der Waals surface area contributed by atoms with E-state index in [1.165, 1.54) is 17.3 Å². The number of nitriles is 1. The predicted molar refractivity (Wildman–Crippen MR) is 111 cm³/mol. The van der Waals surface area contributed by atoms with Crippen molar-refractivity contribution in [3.8, 4) is 6.07 Å². The summed E-state index contributed by atoms with van der Waals surface area (Å²) in [7, 11) is 2.23. The molecular weight excluding hydrogens is 458 g/mol. The number of fused-ring (bicyclic) bond motifs is 1. The molecule has 10 heteroatoms. The standard InChI is InChI=1S/C19H17BrFN6OP/c1-11-4-16(27-18(25-11)23-10-24-27)14-6-19(21,29)9-26(8-14)17(28)12-2-3-15(20)13(5-12)7-22/h2-5,10,14H,6,8-9,29H2,1H3/t14-,19?/m0/s1. The lowest BCUT2D eigenvalue weighted by Crippen LogP contribution is -2.48. The average Bonchev–Trinajstić information content (AvgIpc) is 3.14. The van der Waals surface area contributed by atoms with Crippen LogP contribution in [0.2, 0.25) is 0 Å².